The van der Waals surface area contributed by atoms with E-state index in [0.717, 1.165) is 49.9 Å². The fourth-order valence-electron chi connectivity index (χ4n) is 6.92. The topological polar surface area (TPSA) is 58.6 Å². The van der Waals surface area contributed by atoms with Gasteiger partial charge in [-0.15, -0.1) is 0 Å². The fraction of sp³-hybridized carbons (Fsp3) is 0.652. The summed E-state index contributed by atoms with van der Waals surface area (Å²) >= 11 is 0. The first-order valence-corrected chi connectivity index (χ1v) is 10.8. The van der Waals surface area contributed by atoms with Crippen LogP contribution in [-0.4, -0.2) is 36.4 Å². The second-order valence-corrected chi connectivity index (χ2v) is 9.54. The van der Waals surface area contributed by atoms with Gasteiger partial charge in [0, 0.05) is 6.54 Å². The van der Waals surface area contributed by atoms with E-state index in [-0.39, 0.29) is 23.3 Å². The maximum absolute atomic E-state index is 13.7. The third kappa shape index (κ3) is 2.90. The van der Waals surface area contributed by atoms with Crippen molar-refractivity contribution >= 4 is 17.5 Å². The van der Waals surface area contributed by atoms with Crippen molar-refractivity contribution in [2.75, 3.05) is 19.0 Å². The predicted molar refractivity (Wildman–Crippen MR) is 107 cm³/mol. The van der Waals surface area contributed by atoms with Gasteiger partial charge in [0.2, 0.25) is 11.8 Å². The normalized spacial score (nSPS) is 35.8. The Hall–Kier alpha value is -2.04. The lowest BCUT2D eigenvalue weighted by Crippen LogP contribution is -2.56. The summed E-state index contributed by atoms with van der Waals surface area (Å²) in [7, 11) is 1.60. The number of hydrogen-bond acceptors (Lipinski definition) is 3. The number of para-hydroxylation sites is 2. The molecule has 150 valence electrons. The number of hydrogen-bond donors (Lipinski definition) is 1. The van der Waals surface area contributed by atoms with Gasteiger partial charge in [-0.2, -0.15) is 0 Å². The molecule has 1 saturated heterocycles. The average molecular weight is 383 g/mol. The first-order valence-electron chi connectivity index (χ1n) is 10.8. The fourth-order valence-corrected chi connectivity index (χ4v) is 6.92. The molecule has 5 heteroatoms. The molecule has 6 rings (SSSR count). The lowest BCUT2D eigenvalue weighted by Gasteiger charge is -2.56. The zero-order valence-electron chi connectivity index (χ0n) is 16.7. The Morgan fingerprint density at radius 2 is 1.71 bits per heavy atom. The van der Waals surface area contributed by atoms with Crippen LogP contribution in [0.5, 0.6) is 5.75 Å². The monoisotopic (exact) mass is 382 g/mol. The first kappa shape index (κ1) is 18.0. The maximum Gasteiger partial charge on any atom is 0.247 e. The molecule has 1 aromatic carbocycles. The summed E-state index contributed by atoms with van der Waals surface area (Å²) in [4.78, 5) is 28.7. The summed E-state index contributed by atoms with van der Waals surface area (Å²) in [5, 5.41) is 3.00. The molecule has 1 N–H and O–H groups in total. The highest BCUT2D eigenvalue weighted by atomic mass is 16.5. The first-order chi connectivity index (χ1) is 13.6. The summed E-state index contributed by atoms with van der Waals surface area (Å²) < 4.78 is 5.35. The summed E-state index contributed by atoms with van der Waals surface area (Å²) in [6.07, 6.45) is 8.78. The van der Waals surface area contributed by atoms with E-state index >= 15 is 0 Å². The highest BCUT2D eigenvalue weighted by Gasteiger charge is 2.56. The largest absolute Gasteiger partial charge is 0.495 e. The van der Waals surface area contributed by atoms with Crippen molar-refractivity contribution in [1.29, 1.82) is 0 Å². The van der Waals surface area contributed by atoms with Crippen molar-refractivity contribution < 1.29 is 14.3 Å². The molecular formula is C23H30N2O3. The molecular weight excluding hydrogens is 352 g/mol. The Labute approximate surface area is 166 Å². The highest BCUT2D eigenvalue weighted by molar-refractivity contribution is 5.99. The maximum atomic E-state index is 13.7. The van der Waals surface area contributed by atoms with E-state index in [0.29, 0.717) is 18.0 Å². The van der Waals surface area contributed by atoms with Crippen molar-refractivity contribution in [3.05, 3.63) is 24.3 Å². The molecule has 4 bridgehead atoms. The molecule has 1 aliphatic heterocycles. The van der Waals surface area contributed by atoms with Gasteiger partial charge in [0.15, 0.2) is 0 Å². The van der Waals surface area contributed by atoms with Gasteiger partial charge in [-0.3, -0.25) is 9.59 Å². The van der Waals surface area contributed by atoms with E-state index in [1.165, 1.54) is 19.3 Å². The SMILES string of the molecule is COc1ccccc1NC(=O)[C@H]1CCCN1C(=O)C12CC3CC(CC(C3)C1)C2. The van der Waals surface area contributed by atoms with Gasteiger partial charge in [0.05, 0.1) is 18.2 Å². The minimum absolute atomic E-state index is 0.0833. The molecule has 1 heterocycles. The zero-order chi connectivity index (χ0) is 19.3. The van der Waals surface area contributed by atoms with Crippen LogP contribution in [0.4, 0.5) is 5.69 Å². The second kappa shape index (κ2) is 6.78. The van der Waals surface area contributed by atoms with Gasteiger partial charge < -0.3 is 15.0 Å². The summed E-state index contributed by atoms with van der Waals surface area (Å²) in [6, 6.07) is 7.09. The minimum atomic E-state index is -0.356. The molecule has 4 saturated carbocycles. The quantitative estimate of drug-likeness (QED) is 0.861. The van der Waals surface area contributed by atoms with Crippen LogP contribution in [0.2, 0.25) is 0 Å². The van der Waals surface area contributed by atoms with Crippen molar-refractivity contribution in [2.24, 2.45) is 23.2 Å². The number of carbonyl (C=O) groups excluding carboxylic acids is 2. The standard InChI is InChI=1S/C23H30N2O3/c1-28-20-7-3-2-5-18(20)24-21(26)19-6-4-8-25(19)22(27)23-12-15-9-16(13-23)11-17(10-15)14-23/h2-3,5,7,15-17,19H,4,6,8-14H2,1H3,(H,24,26)/t15?,16?,17?,19-,23?/m1/s1. The molecule has 0 aromatic heterocycles. The van der Waals surface area contributed by atoms with Crippen LogP contribution in [-0.2, 0) is 9.59 Å². The van der Waals surface area contributed by atoms with Gasteiger partial charge in [0.1, 0.15) is 11.8 Å². The van der Waals surface area contributed by atoms with Gasteiger partial charge in [0.25, 0.3) is 0 Å². The van der Waals surface area contributed by atoms with Crippen molar-refractivity contribution in [1.82, 2.24) is 4.90 Å². The number of anilines is 1. The van der Waals surface area contributed by atoms with E-state index in [2.05, 4.69) is 5.32 Å². The van der Waals surface area contributed by atoms with Crippen molar-refractivity contribution in [3.63, 3.8) is 0 Å². The van der Waals surface area contributed by atoms with Crippen LogP contribution in [0.1, 0.15) is 51.4 Å². The number of ether oxygens (including phenoxy) is 1. The Bertz CT molecular complexity index is 755. The third-order valence-corrected chi connectivity index (χ3v) is 7.67. The van der Waals surface area contributed by atoms with Gasteiger partial charge >= 0.3 is 0 Å². The minimum Gasteiger partial charge on any atom is -0.495 e. The number of nitrogens with one attached hydrogen (secondary N) is 1. The lowest BCUT2D eigenvalue weighted by molar-refractivity contribution is -0.160. The number of carbonyl (C=O) groups is 2. The van der Waals surface area contributed by atoms with E-state index in [1.807, 2.05) is 29.2 Å². The van der Waals surface area contributed by atoms with Crippen LogP contribution in [0.15, 0.2) is 24.3 Å². The predicted octanol–water partition coefficient (Wildman–Crippen LogP) is 3.84. The Kier molecular flexibility index (Phi) is 4.37. The highest BCUT2D eigenvalue weighted by Crippen LogP contribution is 2.60. The molecule has 4 aliphatic carbocycles. The van der Waals surface area contributed by atoms with E-state index in [1.54, 1.807) is 7.11 Å². The van der Waals surface area contributed by atoms with Gasteiger partial charge in [-0.05, 0) is 81.3 Å². The smallest absolute Gasteiger partial charge is 0.247 e. The van der Waals surface area contributed by atoms with Crippen LogP contribution >= 0.6 is 0 Å². The molecule has 0 spiro atoms. The Balaban J connectivity index is 1.34. The number of nitrogens with zero attached hydrogens (tertiary/aromatic N) is 1. The number of methoxy groups -OCH3 is 1. The van der Waals surface area contributed by atoms with Crippen molar-refractivity contribution in [2.45, 2.75) is 57.4 Å². The Morgan fingerprint density at radius 3 is 2.36 bits per heavy atom. The summed E-state index contributed by atoms with van der Waals surface area (Å²) in [5.41, 5.74) is 0.492. The number of benzene rings is 1. The Morgan fingerprint density at radius 1 is 1.07 bits per heavy atom. The molecule has 1 atom stereocenters. The van der Waals surface area contributed by atoms with Crippen LogP contribution in [0, 0.1) is 23.2 Å². The number of rotatable bonds is 4. The molecule has 2 amide bonds. The van der Waals surface area contributed by atoms with Crippen LogP contribution in [0.3, 0.4) is 0 Å². The zero-order valence-corrected chi connectivity index (χ0v) is 16.7. The molecule has 5 nitrogen and oxygen atoms in total. The third-order valence-electron chi connectivity index (χ3n) is 7.67. The van der Waals surface area contributed by atoms with E-state index in [9.17, 15) is 9.59 Å². The summed E-state index contributed by atoms with van der Waals surface area (Å²) in [5.74, 6) is 3.04. The molecule has 1 aromatic rings. The number of likely N-dealkylation sites (tertiary alicyclic amines) is 1. The molecule has 28 heavy (non-hydrogen) atoms. The van der Waals surface area contributed by atoms with Gasteiger partial charge in [-0.25, -0.2) is 0 Å². The molecule has 0 radical (unpaired) electrons. The van der Waals surface area contributed by atoms with E-state index in [4.69, 9.17) is 4.74 Å². The van der Waals surface area contributed by atoms with E-state index < -0.39 is 0 Å². The van der Waals surface area contributed by atoms with Crippen molar-refractivity contribution in [3.8, 4) is 5.75 Å². The van der Waals surface area contributed by atoms with Crippen LogP contribution < -0.4 is 10.1 Å². The molecule has 5 aliphatic rings. The molecule has 0 unspecified atom stereocenters. The lowest BCUT2D eigenvalue weighted by atomic mass is 9.49. The van der Waals surface area contributed by atoms with Crippen LogP contribution in [0.25, 0.3) is 0 Å². The summed E-state index contributed by atoms with van der Waals surface area (Å²) in [6.45, 7) is 0.713. The molecule has 5 fully saturated rings. The average Bonchev–Trinajstić information content (AvgIpc) is 3.16. The number of amides is 2. The second-order valence-electron chi connectivity index (χ2n) is 9.54. The van der Waals surface area contributed by atoms with Gasteiger partial charge in [-0.1, -0.05) is 12.1 Å².